The quantitative estimate of drug-likeness (QED) is 0.497. The van der Waals surface area contributed by atoms with Crippen molar-refractivity contribution in [1.29, 1.82) is 0 Å². The molecule has 29 heavy (non-hydrogen) atoms. The van der Waals surface area contributed by atoms with Crippen LogP contribution in [-0.4, -0.2) is 11.0 Å². The average Bonchev–Trinajstić information content (AvgIpc) is 2.64. The number of anilines is 3. The summed E-state index contributed by atoms with van der Waals surface area (Å²) in [4.78, 5) is 15.9. The SMILES string of the molecule is Nc1cc(Oc2ccc(NC(=O)Nc3ccc(Cl)c(C(F)(F)F)c3)cc2)ccn1. The Hall–Kier alpha value is -3.46. The van der Waals surface area contributed by atoms with E-state index in [1.165, 1.54) is 12.3 Å². The van der Waals surface area contributed by atoms with Crippen molar-refractivity contribution in [2.45, 2.75) is 6.18 Å². The Morgan fingerprint density at radius 1 is 0.966 bits per heavy atom. The average molecular weight is 423 g/mol. The molecule has 0 unspecified atom stereocenters. The van der Waals surface area contributed by atoms with Crippen LogP contribution < -0.4 is 21.1 Å². The summed E-state index contributed by atoms with van der Waals surface area (Å²) in [7, 11) is 0. The van der Waals surface area contributed by atoms with E-state index >= 15 is 0 Å². The lowest BCUT2D eigenvalue weighted by Crippen LogP contribution is -2.19. The number of hydrogen-bond acceptors (Lipinski definition) is 4. The molecule has 0 spiro atoms. The van der Waals surface area contributed by atoms with Gasteiger partial charge in [-0.1, -0.05) is 11.6 Å². The molecule has 6 nitrogen and oxygen atoms in total. The van der Waals surface area contributed by atoms with Gasteiger partial charge in [0.05, 0.1) is 10.6 Å². The van der Waals surface area contributed by atoms with Gasteiger partial charge in [-0.15, -0.1) is 0 Å². The first-order valence-electron chi connectivity index (χ1n) is 8.15. The molecule has 0 aliphatic rings. The molecule has 3 rings (SSSR count). The van der Waals surface area contributed by atoms with E-state index in [0.29, 0.717) is 23.0 Å². The van der Waals surface area contributed by atoms with Crippen LogP contribution in [0.2, 0.25) is 5.02 Å². The molecule has 0 saturated carbocycles. The third kappa shape index (κ3) is 5.52. The summed E-state index contributed by atoms with van der Waals surface area (Å²) in [5, 5.41) is 4.39. The Morgan fingerprint density at radius 2 is 1.62 bits per heavy atom. The first-order valence-corrected chi connectivity index (χ1v) is 8.53. The molecule has 0 fully saturated rings. The maximum Gasteiger partial charge on any atom is 0.417 e. The van der Waals surface area contributed by atoms with Gasteiger partial charge in [0, 0.05) is 23.6 Å². The monoisotopic (exact) mass is 422 g/mol. The molecular formula is C19H14ClF3N4O2. The molecule has 2 amide bonds. The van der Waals surface area contributed by atoms with Crippen LogP contribution >= 0.6 is 11.6 Å². The normalized spacial score (nSPS) is 11.0. The summed E-state index contributed by atoms with van der Waals surface area (Å²) >= 11 is 5.56. The Morgan fingerprint density at radius 3 is 2.28 bits per heavy atom. The van der Waals surface area contributed by atoms with Gasteiger partial charge in [0.1, 0.15) is 17.3 Å². The zero-order chi connectivity index (χ0) is 21.0. The van der Waals surface area contributed by atoms with E-state index < -0.39 is 22.8 Å². The third-order valence-electron chi connectivity index (χ3n) is 3.63. The molecule has 0 aliphatic heterocycles. The van der Waals surface area contributed by atoms with Crippen LogP contribution in [0.1, 0.15) is 5.56 Å². The molecule has 1 aromatic heterocycles. The van der Waals surface area contributed by atoms with Crippen LogP contribution in [0.3, 0.4) is 0 Å². The predicted molar refractivity (Wildman–Crippen MR) is 104 cm³/mol. The summed E-state index contributed by atoms with van der Waals surface area (Å²) in [5.74, 6) is 1.31. The van der Waals surface area contributed by atoms with E-state index in [-0.39, 0.29) is 5.69 Å². The van der Waals surface area contributed by atoms with Gasteiger partial charge in [-0.3, -0.25) is 0 Å². The van der Waals surface area contributed by atoms with E-state index in [0.717, 1.165) is 12.1 Å². The number of nitrogens with two attached hydrogens (primary N) is 1. The van der Waals surface area contributed by atoms with Gasteiger partial charge in [-0.25, -0.2) is 9.78 Å². The summed E-state index contributed by atoms with van der Waals surface area (Å²) in [5.41, 5.74) is 4.91. The molecule has 1 heterocycles. The lowest BCUT2D eigenvalue weighted by atomic mass is 10.2. The summed E-state index contributed by atoms with van der Waals surface area (Å²) < 4.78 is 44.3. The van der Waals surface area contributed by atoms with E-state index in [1.54, 1.807) is 36.4 Å². The Balaban J connectivity index is 1.62. The number of alkyl halides is 3. The van der Waals surface area contributed by atoms with E-state index in [9.17, 15) is 18.0 Å². The van der Waals surface area contributed by atoms with Gasteiger partial charge in [-0.2, -0.15) is 13.2 Å². The highest BCUT2D eigenvalue weighted by Crippen LogP contribution is 2.36. The van der Waals surface area contributed by atoms with Crippen molar-refractivity contribution in [1.82, 2.24) is 4.98 Å². The molecule has 0 radical (unpaired) electrons. The van der Waals surface area contributed by atoms with Crippen molar-refractivity contribution in [3.8, 4) is 11.5 Å². The second-order valence-corrected chi connectivity index (χ2v) is 6.22. The van der Waals surface area contributed by atoms with Crippen LogP contribution in [0.25, 0.3) is 0 Å². The van der Waals surface area contributed by atoms with Crippen LogP contribution in [0, 0.1) is 0 Å². The Kier molecular flexibility index (Phi) is 5.79. The zero-order valence-corrected chi connectivity index (χ0v) is 15.4. The van der Waals surface area contributed by atoms with Gasteiger partial charge in [-0.05, 0) is 48.5 Å². The number of carbonyl (C=O) groups excluding carboxylic acids is 1. The highest BCUT2D eigenvalue weighted by Gasteiger charge is 2.33. The number of urea groups is 1. The number of hydrogen-bond donors (Lipinski definition) is 3. The minimum Gasteiger partial charge on any atom is -0.457 e. The number of carbonyl (C=O) groups is 1. The lowest BCUT2D eigenvalue weighted by Gasteiger charge is -2.12. The number of halogens is 4. The largest absolute Gasteiger partial charge is 0.457 e. The molecule has 150 valence electrons. The molecule has 2 aromatic carbocycles. The topological polar surface area (TPSA) is 89.3 Å². The number of nitrogen functional groups attached to an aromatic ring is 1. The lowest BCUT2D eigenvalue weighted by molar-refractivity contribution is -0.137. The number of nitrogens with zero attached hydrogens (tertiary/aromatic N) is 1. The van der Waals surface area contributed by atoms with Gasteiger partial charge in [0.15, 0.2) is 0 Å². The Bertz CT molecular complexity index is 1030. The van der Waals surface area contributed by atoms with Gasteiger partial charge in [0.2, 0.25) is 0 Å². The summed E-state index contributed by atoms with van der Waals surface area (Å²) in [6.07, 6.45) is -3.12. The second-order valence-electron chi connectivity index (χ2n) is 5.81. The molecular weight excluding hydrogens is 409 g/mol. The zero-order valence-electron chi connectivity index (χ0n) is 14.6. The number of pyridine rings is 1. The molecule has 0 bridgehead atoms. The van der Waals surface area contributed by atoms with Gasteiger partial charge in [0.25, 0.3) is 0 Å². The molecule has 0 atom stereocenters. The van der Waals surface area contributed by atoms with Crippen LogP contribution in [0.5, 0.6) is 11.5 Å². The third-order valence-corrected chi connectivity index (χ3v) is 3.96. The number of amides is 2. The smallest absolute Gasteiger partial charge is 0.417 e. The van der Waals surface area contributed by atoms with Crippen molar-refractivity contribution in [3.05, 3.63) is 71.4 Å². The fourth-order valence-electron chi connectivity index (χ4n) is 2.35. The number of aromatic nitrogens is 1. The van der Waals surface area contributed by atoms with E-state index in [1.807, 2.05) is 0 Å². The maximum absolute atomic E-state index is 12.9. The van der Waals surface area contributed by atoms with Crippen molar-refractivity contribution in [3.63, 3.8) is 0 Å². The van der Waals surface area contributed by atoms with E-state index in [4.69, 9.17) is 22.1 Å². The van der Waals surface area contributed by atoms with E-state index in [2.05, 4.69) is 15.6 Å². The highest BCUT2D eigenvalue weighted by molar-refractivity contribution is 6.31. The van der Waals surface area contributed by atoms with Crippen molar-refractivity contribution >= 4 is 34.8 Å². The maximum atomic E-state index is 12.9. The molecule has 0 saturated heterocycles. The van der Waals surface area contributed by atoms with Crippen LogP contribution in [0.15, 0.2) is 60.8 Å². The predicted octanol–water partition coefficient (Wildman–Crippen LogP) is 5.77. The second kappa shape index (κ2) is 8.27. The minimum atomic E-state index is -4.62. The van der Waals surface area contributed by atoms with Crippen molar-refractivity contribution in [2.75, 3.05) is 16.4 Å². The minimum absolute atomic E-state index is 0.0468. The molecule has 4 N–H and O–H groups in total. The summed E-state index contributed by atoms with van der Waals surface area (Å²) in [6.45, 7) is 0. The standard InChI is InChI=1S/C19H14ClF3N4O2/c20-16-6-3-12(9-15(16)19(21,22)23)27-18(28)26-11-1-4-13(5-2-11)29-14-7-8-25-17(24)10-14/h1-10H,(H2,24,25)(H2,26,27,28). The highest BCUT2D eigenvalue weighted by atomic mass is 35.5. The fourth-order valence-corrected chi connectivity index (χ4v) is 2.57. The molecule has 0 aliphatic carbocycles. The fraction of sp³-hybridized carbons (Fsp3) is 0.0526. The first kappa shape index (κ1) is 20.3. The summed E-state index contributed by atoms with van der Waals surface area (Å²) in [6, 6.07) is 11.9. The number of ether oxygens (including phenoxy) is 1. The van der Waals surface area contributed by atoms with Crippen LogP contribution in [0.4, 0.5) is 35.2 Å². The molecule has 3 aromatic rings. The Labute approximate surface area is 168 Å². The first-order chi connectivity index (χ1) is 13.7. The molecule has 10 heteroatoms. The van der Waals surface area contributed by atoms with Crippen molar-refractivity contribution < 1.29 is 22.7 Å². The number of rotatable bonds is 4. The number of nitrogens with one attached hydrogen (secondary N) is 2. The van der Waals surface area contributed by atoms with Gasteiger partial charge >= 0.3 is 12.2 Å². The van der Waals surface area contributed by atoms with Crippen LogP contribution in [-0.2, 0) is 6.18 Å². The number of benzene rings is 2. The van der Waals surface area contributed by atoms with Gasteiger partial charge < -0.3 is 21.1 Å². The van der Waals surface area contributed by atoms with Crippen molar-refractivity contribution in [2.24, 2.45) is 0 Å².